The van der Waals surface area contributed by atoms with Gasteiger partial charge in [0.05, 0.1) is 5.69 Å². The van der Waals surface area contributed by atoms with Crippen LogP contribution in [0.3, 0.4) is 0 Å². The third-order valence-corrected chi connectivity index (χ3v) is 3.12. The van der Waals surface area contributed by atoms with Crippen molar-refractivity contribution >= 4 is 23.1 Å². The van der Waals surface area contributed by atoms with Gasteiger partial charge in [0.15, 0.2) is 0 Å². The molecule has 0 atom stereocenters. The van der Waals surface area contributed by atoms with Crippen LogP contribution in [-0.2, 0) is 0 Å². The van der Waals surface area contributed by atoms with Crippen molar-refractivity contribution in [2.45, 2.75) is 0 Å². The number of para-hydroxylation sites is 1. The van der Waals surface area contributed by atoms with Crippen molar-refractivity contribution in [1.82, 2.24) is 4.98 Å². The molecule has 0 saturated carbocycles. The topological polar surface area (TPSA) is 33.1 Å². The lowest BCUT2D eigenvalue weighted by Gasteiger charge is -2.01. The first-order chi connectivity index (χ1) is 10.1. The number of benzene rings is 2. The highest BCUT2D eigenvalue weighted by Crippen LogP contribution is 2.23. The monoisotopic (exact) mass is 283 g/mol. The van der Waals surface area contributed by atoms with Crippen LogP contribution in [0.4, 0.5) is 8.78 Å². The molecular weight excluding hydrogens is 272 g/mol. The molecular formula is C17H11F2NO. The summed E-state index contributed by atoms with van der Waals surface area (Å²) in [6, 6.07) is 12.1. The number of hydrogen-bond donors (Lipinski definition) is 1. The molecule has 0 fully saturated rings. The molecule has 3 aromatic rings. The zero-order valence-electron chi connectivity index (χ0n) is 10.9. The van der Waals surface area contributed by atoms with Gasteiger partial charge in [-0.3, -0.25) is 0 Å². The molecule has 1 heterocycles. The summed E-state index contributed by atoms with van der Waals surface area (Å²) in [6.07, 6.45) is 3.13. The maximum absolute atomic E-state index is 13.5. The first-order valence-electron chi connectivity index (χ1n) is 6.35. The largest absolute Gasteiger partial charge is 0.506 e. The number of fused-ring (bicyclic) bond motifs is 1. The Hall–Kier alpha value is -2.75. The van der Waals surface area contributed by atoms with Crippen molar-refractivity contribution in [1.29, 1.82) is 0 Å². The lowest BCUT2D eigenvalue weighted by molar-refractivity contribution is 0.480. The number of halogens is 2. The summed E-state index contributed by atoms with van der Waals surface area (Å²) in [5.41, 5.74) is 1.34. The van der Waals surface area contributed by atoms with E-state index in [1.807, 2.05) is 12.1 Å². The minimum atomic E-state index is -0.630. The van der Waals surface area contributed by atoms with Gasteiger partial charge in [-0.25, -0.2) is 13.8 Å². The van der Waals surface area contributed by atoms with Gasteiger partial charge in [0.1, 0.15) is 22.9 Å². The summed E-state index contributed by atoms with van der Waals surface area (Å²) in [5.74, 6) is -1.15. The fourth-order valence-corrected chi connectivity index (χ4v) is 2.05. The highest BCUT2D eigenvalue weighted by atomic mass is 19.1. The molecule has 0 aliphatic heterocycles. The van der Waals surface area contributed by atoms with E-state index < -0.39 is 11.6 Å². The second-order valence-electron chi connectivity index (χ2n) is 4.58. The van der Waals surface area contributed by atoms with Crippen molar-refractivity contribution in [3.05, 3.63) is 71.4 Å². The average molecular weight is 283 g/mol. The Bertz CT molecular complexity index is 843. The zero-order valence-corrected chi connectivity index (χ0v) is 10.9. The number of aromatic hydroxyl groups is 1. The average Bonchev–Trinajstić information content (AvgIpc) is 2.47. The second kappa shape index (κ2) is 5.32. The first-order valence-corrected chi connectivity index (χ1v) is 6.35. The molecule has 0 amide bonds. The molecule has 21 heavy (non-hydrogen) atoms. The van der Waals surface area contributed by atoms with E-state index in [2.05, 4.69) is 4.98 Å². The van der Waals surface area contributed by atoms with Crippen LogP contribution in [0.25, 0.3) is 23.1 Å². The number of pyridine rings is 1. The summed E-state index contributed by atoms with van der Waals surface area (Å²) in [6.45, 7) is 0. The molecule has 0 bridgehead atoms. The fourth-order valence-electron chi connectivity index (χ4n) is 2.05. The second-order valence-corrected chi connectivity index (χ2v) is 4.58. The van der Waals surface area contributed by atoms with Crippen LogP contribution in [0.15, 0.2) is 48.5 Å². The van der Waals surface area contributed by atoms with Gasteiger partial charge in [0.25, 0.3) is 0 Å². The molecule has 104 valence electrons. The van der Waals surface area contributed by atoms with Crippen molar-refractivity contribution in [2.24, 2.45) is 0 Å². The Morgan fingerprint density at radius 3 is 2.62 bits per heavy atom. The third kappa shape index (κ3) is 2.74. The molecule has 0 radical (unpaired) electrons. The maximum atomic E-state index is 13.5. The van der Waals surface area contributed by atoms with Gasteiger partial charge < -0.3 is 5.11 Å². The van der Waals surface area contributed by atoms with E-state index in [0.717, 1.165) is 11.5 Å². The number of hydrogen-bond acceptors (Lipinski definition) is 2. The van der Waals surface area contributed by atoms with Crippen molar-refractivity contribution < 1.29 is 13.9 Å². The van der Waals surface area contributed by atoms with Crippen LogP contribution in [0.5, 0.6) is 5.75 Å². The van der Waals surface area contributed by atoms with Gasteiger partial charge in [-0.2, -0.15) is 0 Å². The number of nitrogens with zero attached hydrogens (tertiary/aromatic N) is 1. The summed E-state index contributed by atoms with van der Waals surface area (Å²) >= 11 is 0. The Balaban J connectivity index is 1.97. The Labute approximate surface area is 120 Å². The van der Waals surface area contributed by atoms with Crippen LogP contribution in [0, 0.1) is 11.6 Å². The van der Waals surface area contributed by atoms with Crippen LogP contribution in [-0.4, -0.2) is 10.1 Å². The standard InChI is InChI=1S/C17H11F2NO/c18-13-7-4-11(15(19)10-13)5-8-14-9-6-12-2-1-3-16(21)17(12)20-14/h1-10,21H. The number of phenols is 1. The Morgan fingerprint density at radius 1 is 0.952 bits per heavy atom. The predicted octanol–water partition coefficient (Wildman–Crippen LogP) is 4.39. The molecule has 3 rings (SSSR count). The van der Waals surface area contributed by atoms with Gasteiger partial charge in [-0.15, -0.1) is 0 Å². The van der Waals surface area contributed by atoms with Crippen molar-refractivity contribution in [3.63, 3.8) is 0 Å². The molecule has 0 aliphatic carbocycles. The quantitative estimate of drug-likeness (QED) is 0.756. The molecule has 4 heteroatoms. The van der Waals surface area contributed by atoms with Crippen molar-refractivity contribution in [3.8, 4) is 5.75 Å². The molecule has 0 unspecified atom stereocenters. The highest BCUT2D eigenvalue weighted by molar-refractivity contribution is 5.85. The maximum Gasteiger partial charge on any atom is 0.141 e. The van der Waals surface area contributed by atoms with E-state index in [4.69, 9.17) is 0 Å². The van der Waals surface area contributed by atoms with Gasteiger partial charge >= 0.3 is 0 Å². The van der Waals surface area contributed by atoms with E-state index in [-0.39, 0.29) is 11.3 Å². The molecule has 1 N–H and O–H groups in total. The van der Waals surface area contributed by atoms with Crippen molar-refractivity contribution in [2.75, 3.05) is 0 Å². The van der Waals surface area contributed by atoms with E-state index in [9.17, 15) is 13.9 Å². The predicted molar refractivity (Wildman–Crippen MR) is 78.7 cm³/mol. The summed E-state index contributed by atoms with van der Waals surface area (Å²) in [7, 11) is 0. The number of phenolic OH excluding ortho intramolecular Hbond substituents is 1. The van der Waals surface area contributed by atoms with E-state index in [0.29, 0.717) is 11.2 Å². The van der Waals surface area contributed by atoms with Crippen LogP contribution >= 0.6 is 0 Å². The smallest absolute Gasteiger partial charge is 0.141 e. The lowest BCUT2D eigenvalue weighted by Crippen LogP contribution is -1.86. The molecule has 2 aromatic carbocycles. The summed E-state index contributed by atoms with van der Waals surface area (Å²) in [4.78, 5) is 4.30. The SMILES string of the molecule is Oc1cccc2ccc(C=Cc3ccc(F)cc3F)nc12. The summed E-state index contributed by atoms with van der Waals surface area (Å²) in [5, 5.41) is 10.6. The van der Waals surface area contributed by atoms with Crippen LogP contribution < -0.4 is 0 Å². The van der Waals surface area contributed by atoms with Gasteiger partial charge in [-0.1, -0.05) is 18.2 Å². The van der Waals surface area contributed by atoms with Crippen LogP contribution in [0.1, 0.15) is 11.3 Å². The molecule has 0 aliphatic rings. The molecule has 0 saturated heterocycles. The highest BCUT2D eigenvalue weighted by Gasteiger charge is 2.02. The van der Waals surface area contributed by atoms with E-state index in [1.165, 1.54) is 18.2 Å². The van der Waals surface area contributed by atoms with E-state index >= 15 is 0 Å². The minimum Gasteiger partial charge on any atom is -0.506 e. The van der Waals surface area contributed by atoms with Gasteiger partial charge in [0, 0.05) is 17.0 Å². The van der Waals surface area contributed by atoms with Gasteiger partial charge in [0.2, 0.25) is 0 Å². The first kappa shape index (κ1) is 13.2. The zero-order chi connectivity index (χ0) is 14.8. The number of aromatic nitrogens is 1. The van der Waals surface area contributed by atoms with Crippen LogP contribution in [0.2, 0.25) is 0 Å². The Morgan fingerprint density at radius 2 is 1.81 bits per heavy atom. The lowest BCUT2D eigenvalue weighted by atomic mass is 10.1. The summed E-state index contributed by atoms with van der Waals surface area (Å²) < 4.78 is 26.3. The number of rotatable bonds is 2. The molecule has 2 nitrogen and oxygen atoms in total. The van der Waals surface area contributed by atoms with E-state index in [1.54, 1.807) is 24.3 Å². The van der Waals surface area contributed by atoms with Gasteiger partial charge in [-0.05, 0) is 36.4 Å². The normalized spacial score (nSPS) is 11.3. The fraction of sp³-hybridized carbons (Fsp3) is 0. The Kier molecular flexibility index (Phi) is 3.36. The molecule has 1 aromatic heterocycles. The molecule has 0 spiro atoms. The minimum absolute atomic E-state index is 0.0933. The third-order valence-electron chi connectivity index (χ3n) is 3.12.